The first-order valence-electron chi connectivity index (χ1n) is 10.1. The minimum atomic E-state index is -0.303. The fraction of sp³-hybridized carbons (Fsp3) is 0.227. The van der Waals surface area contributed by atoms with Crippen molar-refractivity contribution in [1.29, 1.82) is 0 Å². The first-order chi connectivity index (χ1) is 15.2. The van der Waals surface area contributed by atoms with Gasteiger partial charge < -0.3 is 5.32 Å². The zero-order valence-electron chi connectivity index (χ0n) is 16.7. The number of carbonyl (C=O) groups is 1. The Balaban J connectivity index is 1.42. The van der Waals surface area contributed by atoms with Crippen molar-refractivity contribution >= 4 is 5.91 Å². The van der Waals surface area contributed by atoms with Crippen molar-refractivity contribution in [2.75, 3.05) is 0 Å². The molecule has 0 aliphatic heterocycles. The number of carbonyl (C=O) groups excluding carboxylic acids is 1. The lowest BCUT2D eigenvalue weighted by Crippen LogP contribution is -2.25. The summed E-state index contributed by atoms with van der Waals surface area (Å²) in [6.07, 6.45) is 8.37. The standard InChI is InChI=1S/C22H20FN7O/c23-16-7-9-17(10-8-16)30-19-6-2-1-5-18(19)20(28-30)22(31)26-12-15-4-3-11-25-21(15)29-14-24-13-27-29/h3-4,7-11,13-14H,1-2,5-6,12H2,(H,26,31). The van der Waals surface area contributed by atoms with Gasteiger partial charge in [-0.15, -0.1) is 0 Å². The Morgan fingerprint density at radius 1 is 1.13 bits per heavy atom. The van der Waals surface area contributed by atoms with Gasteiger partial charge in [-0.3, -0.25) is 4.79 Å². The van der Waals surface area contributed by atoms with Gasteiger partial charge >= 0.3 is 0 Å². The Morgan fingerprint density at radius 3 is 2.77 bits per heavy atom. The van der Waals surface area contributed by atoms with E-state index >= 15 is 0 Å². The van der Waals surface area contributed by atoms with Crippen molar-refractivity contribution in [2.24, 2.45) is 0 Å². The molecule has 0 radical (unpaired) electrons. The highest BCUT2D eigenvalue weighted by molar-refractivity contribution is 5.94. The number of nitrogens with one attached hydrogen (secondary N) is 1. The summed E-state index contributed by atoms with van der Waals surface area (Å²) in [5.74, 6) is 0.0639. The molecule has 3 aromatic heterocycles. The topological polar surface area (TPSA) is 90.5 Å². The summed E-state index contributed by atoms with van der Waals surface area (Å²) in [5.41, 5.74) is 3.97. The molecule has 1 aromatic carbocycles. The number of nitrogens with zero attached hydrogens (tertiary/aromatic N) is 6. The zero-order valence-corrected chi connectivity index (χ0v) is 16.7. The molecule has 0 saturated heterocycles. The second kappa shape index (κ2) is 8.10. The molecule has 8 nitrogen and oxygen atoms in total. The normalized spacial score (nSPS) is 13.1. The first-order valence-corrected chi connectivity index (χ1v) is 10.1. The maximum atomic E-state index is 13.4. The van der Waals surface area contributed by atoms with Crippen LogP contribution in [0.5, 0.6) is 0 Å². The van der Waals surface area contributed by atoms with E-state index in [-0.39, 0.29) is 18.3 Å². The van der Waals surface area contributed by atoms with Gasteiger partial charge in [0.2, 0.25) is 0 Å². The fourth-order valence-corrected chi connectivity index (χ4v) is 3.93. The van der Waals surface area contributed by atoms with E-state index in [1.165, 1.54) is 18.5 Å². The van der Waals surface area contributed by atoms with Crippen LogP contribution >= 0.6 is 0 Å². The van der Waals surface area contributed by atoms with Crippen LogP contribution in [-0.2, 0) is 19.4 Å². The molecule has 4 aromatic rings. The summed E-state index contributed by atoms with van der Waals surface area (Å²) < 4.78 is 16.7. The molecule has 1 amide bonds. The Kier molecular flexibility index (Phi) is 4.99. The van der Waals surface area contributed by atoms with Crippen LogP contribution in [0.4, 0.5) is 4.39 Å². The minimum Gasteiger partial charge on any atom is -0.346 e. The van der Waals surface area contributed by atoms with E-state index in [0.29, 0.717) is 11.5 Å². The maximum absolute atomic E-state index is 13.4. The molecule has 0 atom stereocenters. The molecule has 0 spiro atoms. The Hall–Kier alpha value is -3.88. The molecule has 1 aliphatic rings. The number of hydrogen-bond donors (Lipinski definition) is 1. The van der Waals surface area contributed by atoms with Crippen molar-refractivity contribution in [3.8, 4) is 11.5 Å². The lowest BCUT2D eigenvalue weighted by Gasteiger charge is -2.14. The number of rotatable bonds is 5. The van der Waals surface area contributed by atoms with E-state index in [1.54, 1.807) is 34.0 Å². The average molecular weight is 417 g/mol. The lowest BCUT2D eigenvalue weighted by molar-refractivity contribution is 0.0944. The number of amides is 1. The van der Waals surface area contributed by atoms with Gasteiger partial charge in [0.25, 0.3) is 5.91 Å². The van der Waals surface area contributed by atoms with E-state index in [2.05, 4.69) is 25.5 Å². The van der Waals surface area contributed by atoms with Crippen molar-refractivity contribution in [2.45, 2.75) is 32.2 Å². The predicted octanol–water partition coefficient (Wildman–Crippen LogP) is 2.80. The third-order valence-electron chi connectivity index (χ3n) is 5.41. The van der Waals surface area contributed by atoms with Crippen LogP contribution in [0, 0.1) is 5.82 Å². The highest BCUT2D eigenvalue weighted by Gasteiger charge is 2.25. The monoisotopic (exact) mass is 417 g/mol. The number of fused-ring (bicyclic) bond motifs is 1. The number of aromatic nitrogens is 6. The molecule has 31 heavy (non-hydrogen) atoms. The van der Waals surface area contributed by atoms with Crippen LogP contribution < -0.4 is 5.32 Å². The van der Waals surface area contributed by atoms with Crippen LogP contribution in [0.3, 0.4) is 0 Å². The maximum Gasteiger partial charge on any atom is 0.272 e. The smallest absolute Gasteiger partial charge is 0.272 e. The molecular weight excluding hydrogens is 397 g/mol. The summed E-state index contributed by atoms with van der Waals surface area (Å²) in [5, 5.41) is 11.7. The van der Waals surface area contributed by atoms with Crippen LogP contribution in [-0.4, -0.2) is 35.4 Å². The van der Waals surface area contributed by atoms with Gasteiger partial charge in [0.05, 0.1) is 5.69 Å². The van der Waals surface area contributed by atoms with Gasteiger partial charge in [-0.2, -0.15) is 10.2 Å². The van der Waals surface area contributed by atoms with Gasteiger partial charge in [-0.25, -0.2) is 23.7 Å². The van der Waals surface area contributed by atoms with Crippen molar-refractivity contribution in [3.63, 3.8) is 0 Å². The van der Waals surface area contributed by atoms with Gasteiger partial charge in [-0.1, -0.05) is 6.07 Å². The summed E-state index contributed by atoms with van der Waals surface area (Å²) in [6.45, 7) is 0.278. The van der Waals surface area contributed by atoms with E-state index in [4.69, 9.17) is 0 Å². The summed E-state index contributed by atoms with van der Waals surface area (Å²) >= 11 is 0. The molecule has 0 bridgehead atoms. The van der Waals surface area contributed by atoms with Gasteiger partial charge in [0.1, 0.15) is 18.5 Å². The fourth-order valence-electron chi connectivity index (χ4n) is 3.93. The van der Waals surface area contributed by atoms with Crippen molar-refractivity contribution < 1.29 is 9.18 Å². The third kappa shape index (κ3) is 3.70. The van der Waals surface area contributed by atoms with Crippen molar-refractivity contribution in [1.82, 2.24) is 34.8 Å². The number of halogens is 1. The SMILES string of the molecule is O=C(NCc1cccnc1-n1cncn1)c1nn(-c2ccc(F)cc2)c2c1CCCC2. The summed E-state index contributed by atoms with van der Waals surface area (Å²) in [6, 6.07) is 9.86. The molecule has 3 heterocycles. The first kappa shape index (κ1) is 19.1. The van der Waals surface area contributed by atoms with E-state index < -0.39 is 0 Å². The van der Waals surface area contributed by atoms with E-state index in [0.717, 1.165) is 48.2 Å². The molecule has 0 unspecified atom stereocenters. The molecule has 0 fully saturated rings. The predicted molar refractivity (Wildman–Crippen MR) is 110 cm³/mol. The number of hydrogen-bond acceptors (Lipinski definition) is 5. The summed E-state index contributed by atoms with van der Waals surface area (Å²) in [7, 11) is 0. The van der Waals surface area contributed by atoms with Crippen LogP contribution in [0.15, 0.2) is 55.2 Å². The zero-order chi connectivity index (χ0) is 21.2. The highest BCUT2D eigenvalue weighted by atomic mass is 19.1. The van der Waals surface area contributed by atoms with E-state index in [1.807, 2.05) is 12.1 Å². The second-order valence-corrected chi connectivity index (χ2v) is 7.38. The van der Waals surface area contributed by atoms with Gasteiger partial charge in [0.15, 0.2) is 11.5 Å². The van der Waals surface area contributed by atoms with Gasteiger partial charge in [0, 0.05) is 29.6 Å². The second-order valence-electron chi connectivity index (χ2n) is 7.38. The number of pyridine rings is 1. The largest absolute Gasteiger partial charge is 0.346 e. The third-order valence-corrected chi connectivity index (χ3v) is 5.41. The average Bonchev–Trinajstić information content (AvgIpc) is 3.47. The van der Waals surface area contributed by atoms with Crippen LogP contribution in [0.25, 0.3) is 11.5 Å². The van der Waals surface area contributed by atoms with Crippen LogP contribution in [0.1, 0.15) is 40.2 Å². The molecule has 5 rings (SSSR count). The van der Waals surface area contributed by atoms with Crippen LogP contribution in [0.2, 0.25) is 0 Å². The number of benzene rings is 1. The minimum absolute atomic E-state index is 0.243. The molecule has 0 saturated carbocycles. The summed E-state index contributed by atoms with van der Waals surface area (Å²) in [4.78, 5) is 21.4. The molecule has 1 aliphatic carbocycles. The molecule has 9 heteroatoms. The Bertz CT molecular complexity index is 1220. The highest BCUT2D eigenvalue weighted by Crippen LogP contribution is 2.27. The molecule has 1 N–H and O–H groups in total. The molecule has 156 valence electrons. The lowest BCUT2D eigenvalue weighted by atomic mass is 9.95. The van der Waals surface area contributed by atoms with Crippen molar-refractivity contribution in [3.05, 3.63) is 83.6 Å². The Labute approximate surface area is 177 Å². The van der Waals surface area contributed by atoms with E-state index in [9.17, 15) is 9.18 Å². The van der Waals surface area contributed by atoms with Gasteiger partial charge in [-0.05, 0) is 56.0 Å². The Morgan fingerprint density at radius 2 is 1.97 bits per heavy atom. The quantitative estimate of drug-likeness (QED) is 0.539. The molecular formula is C22H20FN7O.